The van der Waals surface area contributed by atoms with Gasteiger partial charge < -0.3 is 10.1 Å². The number of piperazine rings is 1. The zero-order valence-electron chi connectivity index (χ0n) is 22.3. The van der Waals surface area contributed by atoms with E-state index in [0.29, 0.717) is 47.6 Å². The maximum Gasteiger partial charge on any atom is 0.341 e. The van der Waals surface area contributed by atoms with E-state index in [4.69, 9.17) is 4.74 Å². The fraction of sp³-hybridized carbons (Fsp3) is 0.556. The Labute approximate surface area is 224 Å². The van der Waals surface area contributed by atoms with Gasteiger partial charge in [-0.3, -0.25) is 9.69 Å². The Morgan fingerprint density at radius 2 is 1.89 bits per heavy atom. The molecule has 1 aliphatic carbocycles. The minimum absolute atomic E-state index is 0.206. The van der Waals surface area contributed by atoms with E-state index in [0.717, 1.165) is 40.8 Å². The number of rotatable bonds is 7. The van der Waals surface area contributed by atoms with Gasteiger partial charge in [-0.05, 0) is 75.6 Å². The summed E-state index contributed by atoms with van der Waals surface area (Å²) in [6, 6.07) is 4.98. The number of aryl methyl sites for hydroxylation is 2. The van der Waals surface area contributed by atoms with Gasteiger partial charge in [-0.25, -0.2) is 13.2 Å². The van der Waals surface area contributed by atoms with Crippen molar-refractivity contribution in [2.24, 2.45) is 5.92 Å². The maximum absolute atomic E-state index is 13.3. The highest BCUT2D eigenvalue weighted by Crippen LogP contribution is 2.40. The number of nitrogens with one attached hydrogen (secondary N) is 1. The SMILES string of the molecule is CCOC(=O)c1c(NC(=O)[C@@H](C)N2CCN(S(=O)(=O)c3cc(C)ccc3C)CC2)sc2c1CC[C@H](C)C2. The summed E-state index contributed by atoms with van der Waals surface area (Å²) in [5.41, 5.74) is 3.14. The third-order valence-corrected chi connectivity index (χ3v) is 10.6. The first-order chi connectivity index (χ1) is 17.5. The van der Waals surface area contributed by atoms with Crippen LogP contribution in [0.15, 0.2) is 23.1 Å². The summed E-state index contributed by atoms with van der Waals surface area (Å²) in [6.45, 7) is 11.3. The van der Waals surface area contributed by atoms with Crippen LogP contribution in [0.3, 0.4) is 0 Å². The molecule has 1 fully saturated rings. The van der Waals surface area contributed by atoms with E-state index in [-0.39, 0.29) is 18.5 Å². The summed E-state index contributed by atoms with van der Waals surface area (Å²) in [5.74, 6) is -0.0503. The molecule has 202 valence electrons. The lowest BCUT2D eigenvalue weighted by molar-refractivity contribution is -0.121. The zero-order valence-corrected chi connectivity index (χ0v) is 23.9. The average Bonchev–Trinajstić information content (AvgIpc) is 3.21. The van der Waals surface area contributed by atoms with Gasteiger partial charge in [0.1, 0.15) is 5.00 Å². The summed E-state index contributed by atoms with van der Waals surface area (Å²) in [7, 11) is -3.60. The molecule has 0 spiro atoms. The maximum atomic E-state index is 13.3. The van der Waals surface area contributed by atoms with E-state index in [1.807, 2.05) is 37.8 Å². The highest BCUT2D eigenvalue weighted by Gasteiger charge is 2.34. The molecule has 2 aliphatic rings. The van der Waals surface area contributed by atoms with Crippen LogP contribution in [0.5, 0.6) is 0 Å². The quantitative estimate of drug-likeness (QED) is 0.527. The van der Waals surface area contributed by atoms with Gasteiger partial charge in [-0.1, -0.05) is 19.1 Å². The van der Waals surface area contributed by atoms with E-state index in [1.165, 1.54) is 15.6 Å². The van der Waals surface area contributed by atoms with Crippen LogP contribution in [0.4, 0.5) is 5.00 Å². The Morgan fingerprint density at radius 3 is 2.57 bits per heavy atom. The van der Waals surface area contributed by atoms with Gasteiger partial charge in [-0.2, -0.15) is 4.31 Å². The van der Waals surface area contributed by atoms with Crippen LogP contribution in [-0.4, -0.2) is 68.3 Å². The van der Waals surface area contributed by atoms with Gasteiger partial charge in [0.05, 0.1) is 23.1 Å². The molecule has 1 aliphatic heterocycles. The van der Waals surface area contributed by atoms with Crippen LogP contribution in [0.2, 0.25) is 0 Å². The molecule has 2 aromatic rings. The number of amides is 1. The van der Waals surface area contributed by atoms with Crippen molar-refractivity contribution < 1.29 is 22.7 Å². The second-order valence-corrected chi connectivity index (χ2v) is 13.2. The van der Waals surface area contributed by atoms with Crippen molar-refractivity contribution in [3.05, 3.63) is 45.3 Å². The molecule has 37 heavy (non-hydrogen) atoms. The summed E-state index contributed by atoms with van der Waals surface area (Å²) < 4.78 is 33.4. The molecule has 8 nitrogen and oxygen atoms in total. The van der Waals surface area contributed by atoms with E-state index in [1.54, 1.807) is 13.0 Å². The smallest absolute Gasteiger partial charge is 0.341 e. The predicted octanol–water partition coefficient (Wildman–Crippen LogP) is 4.00. The monoisotopic (exact) mass is 547 g/mol. The predicted molar refractivity (Wildman–Crippen MR) is 146 cm³/mol. The van der Waals surface area contributed by atoms with Gasteiger partial charge in [0.15, 0.2) is 0 Å². The van der Waals surface area contributed by atoms with Gasteiger partial charge in [0.25, 0.3) is 0 Å². The Hall–Kier alpha value is -2.27. The zero-order chi connectivity index (χ0) is 26.9. The van der Waals surface area contributed by atoms with Crippen molar-refractivity contribution in [1.82, 2.24) is 9.21 Å². The normalized spacial score (nSPS) is 19.8. The molecule has 2 heterocycles. The number of carbonyl (C=O) groups is 2. The molecule has 1 aromatic carbocycles. The van der Waals surface area contributed by atoms with Crippen LogP contribution in [0, 0.1) is 19.8 Å². The van der Waals surface area contributed by atoms with Crippen molar-refractivity contribution in [3.63, 3.8) is 0 Å². The highest BCUT2D eigenvalue weighted by molar-refractivity contribution is 7.89. The number of esters is 1. The number of anilines is 1. The molecule has 1 N–H and O–H groups in total. The van der Waals surface area contributed by atoms with Crippen molar-refractivity contribution in [2.45, 2.75) is 64.8 Å². The van der Waals surface area contributed by atoms with Crippen LogP contribution >= 0.6 is 11.3 Å². The topological polar surface area (TPSA) is 96.0 Å². The Kier molecular flexibility index (Phi) is 8.42. The number of sulfonamides is 1. The number of ether oxygens (including phenoxy) is 1. The molecule has 2 atom stereocenters. The van der Waals surface area contributed by atoms with E-state index in [2.05, 4.69) is 12.2 Å². The van der Waals surface area contributed by atoms with Gasteiger partial charge in [-0.15, -0.1) is 11.3 Å². The molecular formula is C27H37N3O5S2. The molecule has 1 aromatic heterocycles. The van der Waals surface area contributed by atoms with Gasteiger partial charge >= 0.3 is 5.97 Å². The number of hydrogen-bond donors (Lipinski definition) is 1. The Morgan fingerprint density at radius 1 is 1.19 bits per heavy atom. The van der Waals surface area contributed by atoms with E-state index in [9.17, 15) is 18.0 Å². The molecule has 0 radical (unpaired) electrons. The molecule has 0 unspecified atom stereocenters. The summed E-state index contributed by atoms with van der Waals surface area (Å²) in [6.07, 6.45) is 2.72. The third-order valence-electron chi connectivity index (χ3n) is 7.39. The summed E-state index contributed by atoms with van der Waals surface area (Å²) in [4.78, 5) is 29.5. The summed E-state index contributed by atoms with van der Waals surface area (Å²) in [5, 5.41) is 3.57. The van der Waals surface area contributed by atoms with Gasteiger partial charge in [0, 0.05) is 31.1 Å². The second-order valence-electron chi connectivity index (χ2n) is 10.2. The lowest BCUT2D eigenvalue weighted by Crippen LogP contribution is -2.54. The van der Waals surface area contributed by atoms with Crippen molar-refractivity contribution in [2.75, 3.05) is 38.1 Å². The number of hydrogen-bond acceptors (Lipinski definition) is 7. The van der Waals surface area contributed by atoms with Crippen molar-refractivity contribution >= 4 is 38.2 Å². The van der Waals surface area contributed by atoms with E-state index < -0.39 is 16.1 Å². The minimum atomic E-state index is -3.60. The van der Waals surface area contributed by atoms with Gasteiger partial charge in [0.2, 0.25) is 15.9 Å². The molecular weight excluding hydrogens is 510 g/mol. The van der Waals surface area contributed by atoms with Crippen LogP contribution in [0.1, 0.15) is 59.1 Å². The van der Waals surface area contributed by atoms with E-state index >= 15 is 0 Å². The first kappa shape index (κ1) is 27.8. The minimum Gasteiger partial charge on any atom is -0.462 e. The van der Waals surface area contributed by atoms with Crippen LogP contribution in [-0.2, 0) is 32.4 Å². The molecule has 1 saturated heterocycles. The number of thiophene rings is 1. The molecule has 0 bridgehead atoms. The Balaban J connectivity index is 1.45. The Bertz CT molecular complexity index is 1280. The second kappa shape index (κ2) is 11.2. The summed E-state index contributed by atoms with van der Waals surface area (Å²) >= 11 is 1.48. The number of carbonyl (C=O) groups excluding carboxylic acids is 2. The fourth-order valence-electron chi connectivity index (χ4n) is 5.10. The van der Waals surface area contributed by atoms with Crippen molar-refractivity contribution in [1.29, 1.82) is 0 Å². The number of benzene rings is 1. The van der Waals surface area contributed by atoms with Crippen molar-refractivity contribution in [3.8, 4) is 0 Å². The number of fused-ring (bicyclic) bond motifs is 1. The molecule has 0 saturated carbocycles. The standard InChI is InChI=1S/C27H37N3O5S2/c1-6-35-27(32)24-21-10-8-17(2)15-22(21)36-26(24)28-25(31)20(5)29-11-13-30(14-12-29)37(33,34)23-16-18(3)7-9-19(23)4/h7,9,16-17,20H,6,8,10-15H2,1-5H3,(H,28,31)/t17-,20+/m0/s1. The average molecular weight is 548 g/mol. The molecule has 1 amide bonds. The van der Waals surface area contributed by atoms with Crippen LogP contribution < -0.4 is 5.32 Å². The molecule has 10 heteroatoms. The molecule has 4 rings (SSSR count). The highest BCUT2D eigenvalue weighted by atomic mass is 32.2. The largest absolute Gasteiger partial charge is 0.462 e. The third kappa shape index (κ3) is 5.77. The first-order valence-corrected chi connectivity index (χ1v) is 15.2. The first-order valence-electron chi connectivity index (χ1n) is 13.0. The fourth-order valence-corrected chi connectivity index (χ4v) is 8.23. The number of nitrogens with zero attached hydrogens (tertiary/aromatic N) is 2. The van der Waals surface area contributed by atoms with Crippen LogP contribution in [0.25, 0.3) is 0 Å². The lowest BCUT2D eigenvalue weighted by atomic mass is 9.88. The lowest BCUT2D eigenvalue weighted by Gasteiger charge is -2.36.